The number of pyridine rings is 1. The molecular weight excluding hydrogens is 1210 g/mol. The summed E-state index contributed by atoms with van der Waals surface area (Å²) in [6, 6.07) is 69.6. The van der Waals surface area contributed by atoms with Gasteiger partial charge in [-0.05, 0) is 143 Å². The topological polar surface area (TPSA) is 84.0 Å². The van der Waals surface area contributed by atoms with Crippen LogP contribution in [0.1, 0.15) is 113 Å². The van der Waals surface area contributed by atoms with Crippen LogP contribution >= 0.6 is 0 Å². The van der Waals surface area contributed by atoms with Crippen LogP contribution in [0.4, 0.5) is 0 Å². The van der Waals surface area contributed by atoms with E-state index in [1.165, 1.54) is 44.5 Å². The number of rotatable bonds is 12. The molecular formula is C75H63N5O3Pt. The zero-order valence-corrected chi connectivity index (χ0v) is 51.1. The minimum atomic E-state index is 0. The minimum Gasteiger partial charge on any atom is -0.500 e. The molecule has 0 aliphatic heterocycles. The summed E-state index contributed by atoms with van der Waals surface area (Å²) in [5, 5.41) is 3.76. The number of imidazole rings is 2. The first-order chi connectivity index (χ1) is 40.3. The van der Waals surface area contributed by atoms with Gasteiger partial charge in [-0.15, -0.1) is 23.8 Å². The number of benzene rings is 9. The van der Waals surface area contributed by atoms with Gasteiger partial charge in [0, 0.05) is 50.8 Å². The van der Waals surface area contributed by atoms with Gasteiger partial charge in [0.05, 0.1) is 45.0 Å². The summed E-state index contributed by atoms with van der Waals surface area (Å²) in [7, 11) is 0. The number of ether oxygens (including phenoxy) is 1. The largest absolute Gasteiger partial charge is 2.00 e. The van der Waals surface area contributed by atoms with Crippen molar-refractivity contribution in [2.75, 3.05) is 0 Å². The molecule has 0 aliphatic carbocycles. The van der Waals surface area contributed by atoms with Crippen LogP contribution in [0.15, 0.2) is 185 Å². The van der Waals surface area contributed by atoms with Crippen LogP contribution in [-0.4, -0.2) is 24.1 Å². The summed E-state index contributed by atoms with van der Waals surface area (Å²) in [6.45, 7) is 22.3. The molecule has 0 amide bonds. The zero-order chi connectivity index (χ0) is 56.9. The van der Waals surface area contributed by atoms with Crippen LogP contribution in [0, 0.1) is 26.0 Å². The van der Waals surface area contributed by atoms with Gasteiger partial charge in [-0.3, -0.25) is 15.0 Å². The maximum Gasteiger partial charge on any atom is 2.00 e. The van der Waals surface area contributed by atoms with E-state index >= 15 is 0 Å². The van der Waals surface area contributed by atoms with Gasteiger partial charge in [0.15, 0.2) is 5.58 Å². The number of furan rings is 2. The number of aryl methyl sites for hydroxylation is 2. The molecule has 0 fully saturated rings. The van der Waals surface area contributed by atoms with E-state index in [4.69, 9.17) is 28.5 Å². The standard InChI is InChI=1S/C75H63N5O3.Pt/c1-42(2)55-34-51(48-22-13-11-14-23-48)35-56(43(3)4)70(55)79-66-30-19-17-28-64(66)77-74(79)50-26-21-27-53(33-50)81-54-38-62-60-40-59-61-32-46(9)76-47(10)72(61)82-68(59)41-69(60)83-73(62)63(39-54)75-78-65-29-18-20-31-67(65)80(75)71-57(44(5)6)36-52(37-58(71)45(7)8)49-24-15-12-16-25-49;/h11-32,34-38,40-45H,1-10H3;/q-2;+2. The Hall–Kier alpha value is -8.84. The molecule has 0 bridgehead atoms. The Bertz CT molecular complexity index is 4810. The molecule has 14 rings (SSSR count). The molecule has 9 aromatic carbocycles. The maximum atomic E-state index is 7.17. The molecule has 0 aliphatic rings. The van der Waals surface area contributed by atoms with Gasteiger partial charge in [0.2, 0.25) is 0 Å². The van der Waals surface area contributed by atoms with Crippen LogP contribution in [0.5, 0.6) is 11.5 Å². The SMILES string of the molecule is Cc1cc2c(oc3cc4oc5c(-c6nc7ccccc7n6-c6c(C(C)C)cc(-c7ccccc7)cc6C(C)C)[c-]c(Oc6[c-]c(-c7nc8ccccc8n7-c7c(C(C)C)cc(-c8ccccc8)cc7C(C)C)ccc6)cc5c4cc32)c(C)n1.[Pt+2]. The van der Waals surface area contributed by atoms with Gasteiger partial charge in [-0.1, -0.05) is 169 Å². The van der Waals surface area contributed by atoms with Gasteiger partial charge in [0.25, 0.3) is 0 Å². The van der Waals surface area contributed by atoms with Crippen molar-refractivity contribution in [3.63, 3.8) is 0 Å². The summed E-state index contributed by atoms with van der Waals surface area (Å²) in [5.41, 5.74) is 21.7. The molecule has 0 saturated carbocycles. The van der Waals surface area contributed by atoms with Crippen molar-refractivity contribution in [1.82, 2.24) is 24.1 Å². The van der Waals surface area contributed by atoms with Crippen LogP contribution in [0.3, 0.4) is 0 Å². The molecule has 84 heavy (non-hydrogen) atoms. The number of hydrogen-bond donors (Lipinski definition) is 0. The molecule has 416 valence electrons. The Labute approximate surface area is 504 Å². The third kappa shape index (κ3) is 9.23. The Morgan fingerprint density at radius 2 is 0.893 bits per heavy atom. The zero-order valence-electron chi connectivity index (χ0n) is 48.8. The fourth-order valence-corrected chi connectivity index (χ4v) is 12.4. The van der Waals surface area contributed by atoms with E-state index in [9.17, 15) is 0 Å². The van der Waals surface area contributed by atoms with Crippen molar-refractivity contribution in [3.05, 3.63) is 222 Å². The van der Waals surface area contributed by atoms with E-state index < -0.39 is 0 Å². The van der Waals surface area contributed by atoms with Crippen LogP contribution in [-0.2, 0) is 21.1 Å². The summed E-state index contributed by atoms with van der Waals surface area (Å²) < 4.78 is 25.6. The monoisotopic (exact) mass is 1280 g/mol. The number of fused-ring (bicyclic) bond motifs is 8. The number of para-hydroxylation sites is 4. The molecule has 8 nitrogen and oxygen atoms in total. The van der Waals surface area contributed by atoms with Crippen molar-refractivity contribution in [2.45, 2.75) is 92.9 Å². The third-order valence-corrected chi connectivity index (χ3v) is 16.4. The predicted molar refractivity (Wildman–Crippen MR) is 340 cm³/mol. The second kappa shape index (κ2) is 21.4. The van der Waals surface area contributed by atoms with Crippen molar-refractivity contribution in [3.8, 4) is 67.9 Å². The van der Waals surface area contributed by atoms with Crippen molar-refractivity contribution in [2.24, 2.45) is 0 Å². The number of aromatic nitrogens is 5. The summed E-state index contributed by atoms with van der Waals surface area (Å²) in [5.74, 6) is 3.21. The second-order valence-electron chi connectivity index (χ2n) is 23.4. The van der Waals surface area contributed by atoms with Crippen molar-refractivity contribution < 1.29 is 34.6 Å². The first-order valence-corrected chi connectivity index (χ1v) is 29.0. The smallest absolute Gasteiger partial charge is 0.500 e. The van der Waals surface area contributed by atoms with Crippen molar-refractivity contribution >= 4 is 65.9 Å². The molecule has 9 heteroatoms. The molecule has 0 spiro atoms. The Balaban J connectivity index is 0.00000658. The van der Waals surface area contributed by atoms with E-state index in [2.05, 4.69) is 228 Å². The molecule has 0 atom stereocenters. The average Bonchev–Trinajstić information content (AvgIpc) is 1.99. The minimum absolute atomic E-state index is 0. The van der Waals surface area contributed by atoms with Gasteiger partial charge in [0.1, 0.15) is 11.2 Å². The molecule has 0 radical (unpaired) electrons. The Kier molecular flexibility index (Phi) is 13.9. The summed E-state index contributed by atoms with van der Waals surface area (Å²) in [4.78, 5) is 15.7. The summed E-state index contributed by atoms with van der Waals surface area (Å²) in [6.07, 6.45) is 0. The first kappa shape index (κ1) is 54.4. The second-order valence-corrected chi connectivity index (χ2v) is 23.4. The first-order valence-electron chi connectivity index (χ1n) is 29.0. The summed E-state index contributed by atoms with van der Waals surface area (Å²) >= 11 is 0. The molecule has 14 aromatic rings. The molecule has 0 unspecified atom stereocenters. The van der Waals surface area contributed by atoms with E-state index in [0.717, 1.165) is 88.9 Å². The van der Waals surface area contributed by atoms with Gasteiger partial charge >= 0.3 is 21.1 Å². The third-order valence-electron chi connectivity index (χ3n) is 16.4. The quantitative estimate of drug-likeness (QED) is 0.113. The molecule has 0 N–H and O–H groups in total. The maximum absolute atomic E-state index is 7.17. The van der Waals surface area contributed by atoms with Crippen molar-refractivity contribution in [1.29, 1.82) is 0 Å². The normalized spacial score (nSPS) is 12.0. The average molecular weight is 1280 g/mol. The van der Waals surface area contributed by atoms with E-state index in [1.807, 2.05) is 38.1 Å². The van der Waals surface area contributed by atoms with E-state index in [-0.39, 0.29) is 44.7 Å². The van der Waals surface area contributed by atoms with Crippen LogP contribution in [0.25, 0.3) is 122 Å². The molecule has 5 aromatic heterocycles. The predicted octanol–water partition coefficient (Wildman–Crippen LogP) is 20.7. The Morgan fingerprint density at radius 3 is 1.43 bits per heavy atom. The van der Waals surface area contributed by atoms with Crippen LogP contribution in [0.2, 0.25) is 0 Å². The van der Waals surface area contributed by atoms with E-state index in [0.29, 0.717) is 34.1 Å². The van der Waals surface area contributed by atoms with E-state index in [1.54, 1.807) is 0 Å². The molecule has 0 saturated heterocycles. The number of nitrogens with zero attached hydrogens (tertiary/aromatic N) is 5. The molecule has 5 heterocycles. The van der Waals surface area contributed by atoms with Crippen LogP contribution < -0.4 is 4.74 Å². The van der Waals surface area contributed by atoms with Gasteiger partial charge < -0.3 is 22.7 Å². The van der Waals surface area contributed by atoms with Gasteiger partial charge in [-0.2, -0.15) is 0 Å². The fraction of sp³-hybridized carbons (Fsp3) is 0.187. The number of hydrogen-bond acceptors (Lipinski definition) is 6. The fourth-order valence-electron chi connectivity index (χ4n) is 12.4. The Morgan fingerprint density at radius 1 is 0.417 bits per heavy atom. The van der Waals surface area contributed by atoms with Gasteiger partial charge in [-0.25, -0.2) is 0 Å².